The first-order valence-corrected chi connectivity index (χ1v) is 9.97. The van der Waals surface area contributed by atoms with Crippen LogP contribution in [0.1, 0.15) is 0 Å². The van der Waals surface area contributed by atoms with Crippen LogP contribution in [0.15, 0.2) is 71.6 Å². The molecule has 0 saturated heterocycles. The SMILES string of the molecule is O=S(=O)(Nc1cc(Cl)ccc1Oc1ccccc1)c1cc(Cl)ccc1Cl. The molecule has 0 aliphatic heterocycles. The van der Waals surface area contributed by atoms with Gasteiger partial charge >= 0.3 is 0 Å². The molecule has 0 spiro atoms. The fraction of sp³-hybridized carbons (Fsp3) is 0. The molecule has 3 aromatic carbocycles. The molecule has 3 aromatic rings. The number of hydrogen-bond acceptors (Lipinski definition) is 3. The predicted octanol–water partition coefficient (Wildman–Crippen LogP) is 6.24. The van der Waals surface area contributed by atoms with Gasteiger partial charge in [0.05, 0.1) is 10.7 Å². The van der Waals surface area contributed by atoms with Gasteiger partial charge in [-0.2, -0.15) is 0 Å². The number of nitrogens with one attached hydrogen (secondary N) is 1. The lowest BCUT2D eigenvalue weighted by Gasteiger charge is -2.14. The highest BCUT2D eigenvalue weighted by Gasteiger charge is 2.21. The van der Waals surface area contributed by atoms with Crippen LogP contribution in [0.5, 0.6) is 11.5 Å². The zero-order chi connectivity index (χ0) is 18.7. The highest BCUT2D eigenvalue weighted by Crippen LogP contribution is 2.34. The second-order valence-corrected chi connectivity index (χ2v) is 8.17. The summed E-state index contributed by atoms with van der Waals surface area (Å²) in [5.41, 5.74) is 0.178. The standard InChI is InChI=1S/C18H12Cl3NO3S/c19-12-7-9-17(25-14-4-2-1-3-5-14)16(10-12)22-26(23,24)18-11-13(20)6-8-15(18)21/h1-11,22H. The van der Waals surface area contributed by atoms with Gasteiger partial charge in [-0.05, 0) is 48.5 Å². The summed E-state index contributed by atoms with van der Waals surface area (Å²) in [7, 11) is -4.00. The highest BCUT2D eigenvalue weighted by molar-refractivity contribution is 7.92. The van der Waals surface area contributed by atoms with Crippen molar-refractivity contribution < 1.29 is 13.2 Å². The lowest BCUT2D eigenvalue weighted by molar-refractivity contribution is 0.485. The molecule has 0 saturated carbocycles. The van der Waals surface area contributed by atoms with Gasteiger partial charge in [0.15, 0.2) is 5.75 Å². The van der Waals surface area contributed by atoms with E-state index < -0.39 is 10.0 Å². The van der Waals surface area contributed by atoms with E-state index in [1.807, 2.05) is 6.07 Å². The summed E-state index contributed by atoms with van der Waals surface area (Å²) in [6, 6.07) is 17.8. The molecule has 0 aliphatic rings. The Morgan fingerprint density at radius 1 is 0.808 bits per heavy atom. The van der Waals surface area contributed by atoms with Gasteiger partial charge in [-0.15, -0.1) is 0 Å². The summed E-state index contributed by atoms with van der Waals surface area (Å²) in [6.45, 7) is 0. The zero-order valence-electron chi connectivity index (χ0n) is 13.1. The summed E-state index contributed by atoms with van der Waals surface area (Å²) in [6.07, 6.45) is 0. The Kier molecular flexibility index (Phi) is 5.63. The molecule has 0 radical (unpaired) electrons. The minimum Gasteiger partial charge on any atom is -0.455 e. The summed E-state index contributed by atoms with van der Waals surface area (Å²) < 4.78 is 33.7. The van der Waals surface area contributed by atoms with Crippen LogP contribution in [0.2, 0.25) is 15.1 Å². The molecule has 8 heteroatoms. The topological polar surface area (TPSA) is 55.4 Å². The monoisotopic (exact) mass is 427 g/mol. The number of ether oxygens (including phenoxy) is 1. The zero-order valence-corrected chi connectivity index (χ0v) is 16.2. The molecule has 0 unspecified atom stereocenters. The Morgan fingerprint density at radius 2 is 1.46 bits per heavy atom. The van der Waals surface area contributed by atoms with Crippen LogP contribution in [0.3, 0.4) is 0 Å². The number of hydrogen-bond donors (Lipinski definition) is 1. The van der Waals surface area contributed by atoms with Crippen LogP contribution in [0, 0.1) is 0 Å². The maximum Gasteiger partial charge on any atom is 0.263 e. The molecule has 0 aliphatic carbocycles. The van der Waals surface area contributed by atoms with E-state index in [-0.39, 0.29) is 20.6 Å². The first-order valence-electron chi connectivity index (χ1n) is 7.35. The molecular weight excluding hydrogens is 417 g/mol. The van der Waals surface area contributed by atoms with Gasteiger partial charge in [0.25, 0.3) is 10.0 Å². The van der Waals surface area contributed by atoms with Crippen molar-refractivity contribution in [1.29, 1.82) is 0 Å². The van der Waals surface area contributed by atoms with Crippen LogP contribution < -0.4 is 9.46 Å². The van der Waals surface area contributed by atoms with E-state index in [2.05, 4.69) is 4.72 Å². The van der Waals surface area contributed by atoms with E-state index in [1.165, 1.54) is 24.3 Å². The van der Waals surface area contributed by atoms with Gasteiger partial charge in [0.1, 0.15) is 10.6 Å². The maximum absolute atomic E-state index is 12.7. The minimum absolute atomic E-state index is 0.0504. The number of anilines is 1. The largest absolute Gasteiger partial charge is 0.455 e. The molecule has 0 amide bonds. The Balaban J connectivity index is 1.98. The van der Waals surface area contributed by atoms with Gasteiger partial charge in [0, 0.05) is 10.0 Å². The lowest BCUT2D eigenvalue weighted by atomic mass is 10.3. The quantitative estimate of drug-likeness (QED) is 0.523. The third kappa shape index (κ3) is 4.43. The van der Waals surface area contributed by atoms with Crippen molar-refractivity contribution in [2.45, 2.75) is 4.90 Å². The predicted molar refractivity (Wildman–Crippen MR) is 105 cm³/mol. The molecule has 0 fully saturated rings. The van der Waals surface area contributed by atoms with Crippen molar-refractivity contribution in [3.8, 4) is 11.5 Å². The van der Waals surface area contributed by atoms with Crippen LogP contribution in [0.25, 0.3) is 0 Å². The van der Waals surface area contributed by atoms with Crippen molar-refractivity contribution in [2.75, 3.05) is 4.72 Å². The lowest BCUT2D eigenvalue weighted by Crippen LogP contribution is -2.14. The molecule has 4 nitrogen and oxygen atoms in total. The normalized spacial score (nSPS) is 11.2. The van der Waals surface area contributed by atoms with Crippen LogP contribution in [0.4, 0.5) is 5.69 Å². The number of halogens is 3. The van der Waals surface area contributed by atoms with Gasteiger partial charge in [-0.1, -0.05) is 53.0 Å². The van der Waals surface area contributed by atoms with Crippen molar-refractivity contribution in [1.82, 2.24) is 0 Å². The molecule has 26 heavy (non-hydrogen) atoms. The number of benzene rings is 3. The Hall–Kier alpha value is -1.92. The van der Waals surface area contributed by atoms with Crippen molar-refractivity contribution in [3.63, 3.8) is 0 Å². The fourth-order valence-corrected chi connectivity index (χ4v) is 4.17. The average Bonchev–Trinajstić information content (AvgIpc) is 2.60. The molecule has 0 aromatic heterocycles. The van der Waals surface area contributed by atoms with E-state index in [0.29, 0.717) is 16.5 Å². The summed E-state index contributed by atoms with van der Waals surface area (Å²) in [5.74, 6) is 0.846. The Labute approximate surface area is 166 Å². The van der Waals surface area contributed by atoms with Gasteiger partial charge in [-0.25, -0.2) is 8.42 Å². The summed E-state index contributed by atoms with van der Waals surface area (Å²) >= 11 is 17.9. The molecule has 0 bridgehead atoms. The molecule has 3 rings (SSSR count). The molecule has 1 N–H and O–H groups in total. The second kappa shape index (κ2) is 7.76. The van der Waals surface area contributed by atoms with Gasteiger partial charge < -0.3 is 4.74 Å². The fourth-order valence-electron chi connectivity index (χ4n) is 2.17. The Bertz CT molecular complexity index is 1040. The minimum atomic E-state index is -4.00. The van der Waals surface area contributed by atoms with E-state index in [9.17, 15) is 8.42 Å². The van der Waals surface area contributed by atoms with Crippen LogP contribution in [-0.4, -0.2) is 8.42 Å². The van der Waals surface area contributed by atoms with Crippen molar-refractivity contribution in [3.05, 3.63) is 81.8 Å². The molecule has 0 heterocycles. The first kappa shape index (κ1) is 18.9. The highest BCUT2D eigenvalue weighted by atomic mass is 35.5. The summed E-state index contributed by atoms with van der Waals surface area (Å²) in [5, 5.41) is 0.649. The van der Waals surface area contributed by atoms with Crippen molar-refractivity contribution >= 4 is 50.5 Å². The van der Waals surface area contributed by atoms with E-state index in [4.69, 9.17) is 39.5 Å². The van der Waals surface area contributed by atoms with Gasteiger partial charge in [-0.3, -0.25) is 4.72 Å². The van der Waals surface area contributed by atoms with Gasteiger partial charge in [0.2, 0.25) is 0 Å². The third-order valence-corrected chi connectivity index (χ3v) is 5.66. The first-order chi connectivity index (χ1) is 12.3. The molecular formula is C18H12Cl3NO3S. The van der Waals surface area contributed by atoms with E-state index >= 15 is 0 Å². The number of sulfonamides is 1. The van der Waals surface area contributed by atoms with Crippen LogP contribution in [-0.2, 0) is 10.0 Å². The average molecular weight is 429 g/mol. The van der Waals surface area contributed by atoms with Crippen molar-refractivity contribution in [2.24, 2.45) is 0 Å². The maximum atomic E-state index is 12.7. The second-order valence-electron chi connectivity index (χ2n) is 5.24. The number of rotatable bonds is 5. The molecule has 134 valence electrons. The number of para-hydroxylation sites is 1. The van der Waals surface area contributed by atoms with E-state index in [0.717, 1.165) is 0 Å². The van der Waals surface area contributed by atoms with E-state index in [1.54, 1.807) is 36.4 Å². The van der Waals surface area contributed by atoms with Crippen LogP contribution >= 0.6 is 34.8 Å². The Morgan fingerprint density at radius 3 is 2.19 bits per heavy atom. The smallest absolute Gasteiger partial charge is 0.263 e. The third-order valence-electron chi connectivity index (χ3n) is 3.34. The molecule has 0 atom stereocenters. The summed E-state index contributed by atoms with van der Waals surface area (Å²) in [4.78, 5) is -0.141.